The highest BCUT2D eigenvalue weighted by atomic mass is 19.1. The molecule has 0 amide bonds. The van der Waals surface area contributed by atoms with Crippen LogP contribution in [-0.2, 0) is 6.54 Å². The molecule has 18 heavy (non-hydrogen) atoms. The summed E-state index contributed by atoms with van der Waals surface area (Å²) in [4.78, 5) is 8.84. The van der Waals surface area contributed by atoms with E-state index < -0.39 is 0 Å². The normalized spacial score (nSPS) is 10.6. The van der Waals surface area contributed by atoms with Crippen molar-refractivity contribution < 1.29 is 4.39 Å². The molecule has 0 aliphatic heterocycles. The van der Waals surface area contributed by atoms with E-state index >= 15 is 0 Å². The van der Waals surface area contributed by atoms with E-state index in [1.54, 1.807) is 12.1 Å². The van der Waals surface area contributed by atoms with Crippen LogP contribution in [0, 0.1) is 12.7 Å². The second-order valence-electron chi connectivity index (χ2n) is 4.10. The molecule has 1 heterocycles. The van der Waals surface area contributed by atoms with Gasteiger partial charge in [0, 0.05) is 11.3 Å². The molecule has 1 aromatic heterocycles. The predicted octanol–water partition coefficient (Wildman–Crippen LogP) is 2.70. The molecule has 2 aromatic rings. The Bertz CT molecular complexity index is 523. The number of aromatic nitrogens is 2. The first kappa shape index (κ1) is 12.6. The summed E-state index contributed by atoms with van der Waals surface area (Å²) in [5.41, 5.74) is 2.65. The lowest BCUT2D eigenvalue weighted by molar-refractivity contribution is 0.628. The molecule has 0 saturated carbocycles. The van der Waals surface area contributed by atoms with Crippen molar-refractivity contribution in [3.8, 4) is 11.3 Å². The van der Waals surface area contributed by atoms with Crippen LogP contribution in [0.3, 0.4) is 0 Å². The van der Waals surface area contributed by atoms with E-state index in [0.29, 0.717) is 6.54 Å². The summed E-state index contributed by atoms with van der Waals surface area (Å²) >= 11 is 0. The van der Waals surface area contributed by atoms with Crippen LogP contribution in [0.25, 0.3) is 11.3 Å². The van der Waals surface area contributed by atoms with Gasteiger partial charge in [0.1, 0.15) is 11.6 Å². The number of halogens is 1. The summed E-state index contributed by atoms with van der Waals surface area (Å²) in [5.74, 6) is 0.522. The fourth-order valence-electron chi connectivity index (χ4n) is 1.71. The number of benzene rings is 1. The van der Waals surface area contributed by atoms with E-state index in [1.165, 1.54) is 12.1 Å². The van der Waals surface area contributed by atoms with Crippen LogP contribution < -0.4 is 5.32 Å². The van der Waals surface area contributed by atoms with Gasteiger partial charge in [-0.3, -0.25) is 0 Å². The number of hydrogen-bond acceptors (Lipinski definition) is 3. The third kappa shape index (κ3) is 3.11. The Kier molecular flexibility index (Phi) is 3.99. The zero-order valence-corrected chi connectivity index (χ0v) is 10.6. The molecule has 0 atom stereocenters. The first-order chi connectivity index (χ1) is 8.69. The highest BCUT2D eigenvalue weighted by Gasteiger charge is 2.04. The van der Waals surface area contributed by atoms with E-state index in [9.17, 15) is 4.39 Å². The average molecular weight is 245 g/mol. The number of nitrogens with zero attached hydrogens (tertiary/aromatic N) is 2. The topological polar surface area (TPSA) is 37.8 Å². The predicted molar refractivity (Wildman–Crippen MR) is 69.5 cm³/mol. The second-order valence-corrected chi connectivity index (χ2v) is 4.10. The maximum Gasteiger partial charge on any atom is 0.143 e. The number of nitrogens with one attached hydrogen (secondary N) is 1. The Morgan fingerprint density at radius 1 is 1.17 bits per heavy atom. The van der Waals surface area contributed by atoms with Crippen molar-refractivity contribution in [2.75, 3.05) is 6.54 Å². The average Bonchev–Trinajstić information content (AvgIpc) is 2.36. The molecule has 0 radical (unpaired) electrons. The highest BCUT2D eigenvalue weighted by molar-refractivity contribution is 5.59. The lowest BCUT2D eigenvalue weighted by Crippen LogP contribution is -2.15. The van der Waals surface area contributed by atoms with Crippen LogP contribution in [0.4, 0.5) is 4.39 Å². The summed E-state index contributed by atoms with van der Waals surface area (Å²) in [5, 5.41) is 3.19. The van der Waals surface area contributed by atoms with Gasteiger partial charge in [0.25, 0.3) is 0 Å². The minimum Gasteiger partial charge on any atom is -0.310 e. The highest BCUT2D eigenvalue weighted by Crippen LogP contribution is 2.18. The number of rotatable bonds is 4. The third-order valence-corrected chi connectivity index (χ3v) is 2.57. The van der Waals surface area contributed by atoms with E-state index in [1.807, 2.05) is 19.9 Å². The van der Waals surface area contributed by atoms with E-state index in [2.05, 4.69) is 15.3 Å². The van der Waals surface area contributed by atoms with Crippen LogP contribution >= 0.6 is 0 Å². The van der Waals surface area contributed by atoms with Gasteiger partial charge in [0.2, 0.25) is 0 Å². The van der Waals surface area contributed by atoms with Crippen molar-refractivity contribution in [2.24, 2.45) is 0 Å². The molecule has 94 valence electrons. The van der Waals surface area contributed by atoms with Gasteiger partial charge in [-0.05, 0) is 43.8 Å². The summed E-state index contributed by atoms with van der Waals surface area (Å²) in [6.45, 7) is 5.50. The third-order valence-electron chi connectivity index (χ3n) is 2.57. The van der Waals surface area contributed by atoms with Crippen LogP contribution in [0.5, 0.6) is 0 Å². The lowest BCUT2D eigenvalue weighted by Gasteiger charge is -2.06. The molecule has 0 bridgehead atoms. The molecule has 0 fully saturated rings. The largest absolute Gasteiger partial charge is 0.310 e. The SMILES string of the molecule is CCNCc1nc(C)cc(-c2ccc(F)cc2)n1. The van der Waals surface area contributed by atoms with Crippen molar-refractivity contribution >= 4 is 0 Å². The molecule has 2 rings (SSSR count). The smallest absolute Gasteiger partial charge is 0.143 e. The summed E-state index contributed by atoms with van der Waals surface area (Å²) < 4.78 is 12.9. The fourth-order valence-corrected chi connectivity index (χ4v) is 1.71. The van der Waals surface area contributed by atoms with Crippen molar-refractivity contribution in [1.82, 2.24) is 15.3 Å². The minimum absolute atomic E-state index is 0.239. The Morgan fingerprint density at radius 3 is 2.56 bits per heavy atom. The Balaban J connectivity index is 2.32. The molecular weight excluding hydrogens is 229 g/mol. The monoisotopic (exact) mass is 245 g/mol. The molecule has 3 nitrogen and oxygen atoms in total. The van der Waals surface area contributed by atoms with Crippen molar-refractivity contribution in [3.05, 3.63) is 47.7 Å². The zero-order valence-electron chi connectivity index (χ0n) is 10.6. The maximum atomic E-state index is 12.9. The van der Waals surface area contributed by atoms with E-state index in [4.69, 9.17) is 0 Å². The van der Waals surface area contributed by atoms with Gasteiger partial charge in [-0.25, -0.2) is 14.4 Å². The zero-order chi connectivity index (χ0) is 13.0. The summed E-state index contributed by atoms with van der Waals surface area (Å²) in [6.07, 6.45) is 0. The lowest BCUT2D eigenvalue weighted by atomic mass is 10.1. The molecule has 0 saturated heterocycles. The quantitative estimate of drug-likeness (QED) is 0.900. The maximum absolute atomic E-state index is 12.9. The van der Waals surface area contributed by atoms with Crippen LogP contribution in [0.1, 0.15) is 18.4 Å². The van der Waals surface area contributed by atoms with Gasteiger partial charge in [0.15, 0.2) is 0 Å². The Hall–Kier alpha value is -1.81. The first-order valence-electron chi connectivity index (χ1n) is 6.00. The van der Waals surface area contributed by atoms with Gasteiger partial charge in [-0.15, -0.1) is 0 Å². The molecule has 0 aliphatic carbocycles. The fraction of sp³-hybridized carbons (Fsp3) is 0.286. The Labute approximate surface area is 106 Å². The van der Waals surface area contributed by atoms with Crippen molar-refractivity contribution in [1.29, 1.82) is 0 Å². The van der Waals surface area contributed by atoms with Gasteiger partial charge in [0.05, 0.1) is 12.2 Å². The molecular formula is C14H16FN3. The van der Waals surface area contributed by atoms with Gasteiger partial charge in [-0.1, -0.05) is 6.92 Å². The van der Waals surface area contributed by atoms with Crippen LogP contribution in [0.15, 0.2) is 30.3 Å². The molecule has 0 unspecified atom stereocenters. The standard InChI is InChI=1S/C14H16FN3/c1-3-16-9-14-17-10(2)8-13(18-14)11-4-6-12(15)7-5-11/h4-8,16H,3,9H2,1-2H3. The van der Waals surface area contributed by atoms with E-state index in [0.717, 1.165) is 29.3 Å². The first-order valence-corrected chi connectivity index (χ1v) is 6.00. The second kappa shape index (κ2) is 5.69. The van der Waals surface area contributed by atoms with Gasteiger partial charge < -0.3 is 5.32 Å². The molecule has 4 heteroatoms. The van der Waals surface area contributed by atoms with Gasteiger partial charge in [-0.2, -0.15) is 0 Å². The van der Waals surface area contributed by atoms with E-state index in [-0.39, 0.29) is 5.82 Å². The number of aryl methyl sites for hydroxylation is 1. The number of hydrogen-bond donors (Lipinski definition) is 1. The Morgan fingerprint density at radius 2 is 1.89 bits per heavy atom. The van der Waals surface area contributed by atoms with Gasteiger partial charge >= 0.3 is 0 Å². The molecule has 1 N–H and O–H groups in total. The van der Waals surface area contributed by atoms with Crippen molar-refractivity contribution in [2.45, 2.75) is 20.4 Å². The molecule has 0 spiro atoms. The summed E-state index contributed by atoms with van der Waals surface area (Å²) in [6, 6.07) is 8.25. The van der Waals surface area contributed by atoms with Crippen LogP contribution in [-0.4, -0.2) is 16.5 Å². The van der Waals surface area contributed by atoms with Crippen LogP contribution in [0.2, 0.25) is 0 Å². The molecule has 1 aromatic carbocycles. The minimum atomic E-state index is -0.239. The molecule has 0 aliphatic rings. The van der Waals surface area contributed by atoms with Crippen molar-refractivity contribution in [3.63, 3.8) is 0 Å². The summed E-state index contributed by atoms with van der Waals surface area (Å²) in [7, 11) is 0.